The van der Waals surface area contributed by atoms with Gasteiger partial charge in [-0.05, 0) is 51.4 Å². The Bertz CT molecular complexity index is 484. The molecule has 35 heavy (non-hydrogen) atoms. The number of unbranched alkanes of at least 4 members (excludes halogenated alkanes) is 14. The highest BCUT2D eigenvalue weighted by Crippen LogP contribution is 2.10. The van der Waals surface area contributed by atoms with Crippen molar-refractivity contribution in [3.63, 3.8) is 0 Å². The zero-order chi connectivity index (χ0) is 25.7. The average Bonchev–Trinajstić information content (AvgIpc) is 2.85. The summed E-state index contributed by atoms with van der Waals surface area (Å²) in [4.78, 5) is 23.5. The third-order valence-corrected chi connectivity index (χ3v) is 5.96. The summed E-state index contributed by atoms with van der Waals surface area (Å²) >= 11 is 0. The second kappa shape index (κ2) is 28.6. The Morgan fingerprint density at radius 3 is 1.26 bits per heavy atom. The predicted octanol–water partition coefficient (Wildman–Crippen LogP) is 8.53. The molecule has 0 atom stereocenters. The van der Waals surface area contributed by atoms with E-state index in [-0.39, 0.29) is 25.4 Å². The number of rotatable bonds is 26. The molecular formula is C30H55NO4. The van der Waals surface area contributed by atoms with E-state index < -0.39 is 0 Å². The smallest absolute Gasteiger partial charge is 0.307 e. The number of hydrogen-bond donors (Lipinski definition) is 1. The fraction of sp³-hybridized carbons (Fsp3) is 0.800. The molecule has 5 nitrogen and oxygen atoms in total. The number of carbonyl (C=O) groups is 2. The van der Waals surface area contributed by atoms with E-state index in [1.807, 2.05) is 0 Å². The molecule has 0 unspecified atom stereocenters. The van der Waals surface area contributed by atoms with Crippen molar-refractivity contribution in [3.8, 4) is 0 Å². The van der Waals surface area contributed by atoms with Crippen LogP contribution in [0.5, 0.6) is 0 Å². The highest BCUT2D eigenvalue weighted by molar-refractivity contribution is 5.69. The van der Waals surface area contributed by atoms with E-state index in [1.54, 1.807) is 0 Å². The van der Waals surface area contributed by atoms with Crippen molar-refractivity contribution in [1.29, 1.82) is 0 Å². The van der Waals surface area contributed by atoms with Gasteiger partial charge in [0.15, 0.2) is 0 Å². The summed E-state index contributed by atoms with van der Waals surface area (Å²) in [5.41, 5.74) is 0. The van der Waals surface area contributed by atoms with Gasteiger partial charge in [0.1, 0.15) is 13.5 Å². The highest BCUT2D eigenvalue weighted by atomic mass is 16.6. The molecule has 0 fully saturated rings. The van der Waals surface area contributed by atoms with Crippen LogP contribution in [-0.4, -0.2) is 25.4 Å². The number of nitrogens with one attached hydrogen (secondary N) is 1. The minimum atomic E-state index is -0.195. The summed E-state index contributed by atoms with van der Waals surface area (Å²) in [7, 11) is 0. The first-order valence-electron chi connectivity index (χ1n) is 14.5. The first kappa shape index (κ1) is 33.4. The summed E-state index contributed by atoms with van der Waals surface area (Å²) in [5, 5.41) is 2.83. The molecule has 0 aliphatic heterocycles. The lowest BCUT2D eigenvalue weighted by molar-refractivity contribution is -0.147. The molecule has 0 radical (unpaired) electrons. The predicted molar refractivity (Wildman–Crippen MR) is 147 cm³/mol. The molecule has 0 aromatic carbocycles. The summed E-state index contributed by atoms with van der Waals surface area (Å²) in [6.45, 7) is 4.61. The van der Waals surface area contributed by atoms with Crippen LogP contribution in [0.25, 0.3) is 0 Å². The number of esters is 2. The second-order valence-corrected chi connectivity index (χ2v) is 9.41. The van der Waals surface area contributed by atoms with Gasteiger partial charge >= 0.3 is 11.9 Å². The lowest BCUT2D eigenvalue weighted by atomic mass is 10.1. The minimum absolute atomic E-state index is 0.0867. The van der Waals surface area contributed by atoms with E-state index in [0.717, 1.165) is 25.7 Å². The number of hydrogen-bond acceptors (Lipinski definition) is 5. The summed E-state index contributed by atoms with van der Waals surface area (Å²) < 4.78 is 10.3. The Morgan fingerprint density at radius 2 is 0.857 bits per heavy atom. The normalized spacial score (nSPS) is 11.5. The van der Waals surface area contributed by atoms with Crippen LogP contribution in [0.1, 0.15) is 142 Å². The molecule has 0 heterocycles. The number of allylic oxidation sites excluding steroid dienone is 4. The van der Waals surface area contributed by atoms with Crippen LogP contribution >= 0.6 is 0 Å². The Morgan fingerprint density at radius 1 is 0.514 bits per heavy atom. The van der Waals surface area contributed by atoms with E-state index >= 15 is 0 Å². The lowest BCUT2D eigenvalue weighted by Gasteiger charge is -2.08. The molecule has 0 saturated carbocycles. The quantitative estimate of drug-likeness (QED) is 0.0566. The number of carbonyl (C=O) groups excluding carboxylic acids is 2. The van der Waals surface area contributed by atoms with Crippen LogP contribution in [0, 0.1) is 0 Å². The maximum absolute atomic E-state index is 11.7. The van der Waals surface area contributed by atoms with Crippen molar-refractivity contribution < 1.29 is 19.1 Å². The fourth-order valence-electron chi connectivity index (χ4n) is 3.69. The second-order valence-electron chi connectivity index (χ2n) is 9.41. The maximum atomic E-state index is 11.7. The van der Waals surface area contributed by atoms with Gasteiger partial charge in [-0.25, -0.2) is 0 Å². The molecule has 0 aliphatic carbocycles. The van der Waals surface area contributed by atoms with E-state index in [9.17, 15) is 9.59 Å². The molecule has 0 rings (SSSR count). The third kappa shape index (κ3) is 28.5. The topological polar surface area (TPSA) is 64.6 Å². The molecule has 0 aromatic heterocycles. The Labute approximate surface area is 216 Å². The molecule has 0 spiro atoms. The van der Waals surface area contributed by atoms with Crippen molar-refractivity contribution >= 4 is 11.9 Å². The maximum Gasteiger partial charge on any atom is 0.307 e. The van der Waals surface area contributed by atoms with Crippen molar-refractivity contribution in [3.05, 3.63) is 24.3 Å². The van der Waals surface area contributed by atoms with Crippen LogP contribution in [0.2, 0.25) is 0 Å². The lowest BCUT2D eigenvalue weighted by Crippen LogP contribution is -2.25. The van der Waals surface area contributed by atoms with Gasteiger partial charge in [-0.15, -0.1) is 0 Å². The van der Waals surface area contributed by atoms with Crippen molar-refractivity contribution in [2.75, 3.05) is 13.5 Å². The van der Waals surface area contributed by atoms with Crippen LogP contribution in [-0.2, 0) is 19.1 Å². The van der Waals surface area contributed by atoms with Gasteiger partial charge in [0.25, 0.3) is 0 Å². The molecule has 204 valence electrons. The molecule has 0 saturated heterocycles. The highest BCUT2D eigenvalue weighted by Gasteiger charge is 2.04. The zero-order valence-corrected chi connectivity index (χ0v) is 23.0. The van der Waals surface area contributed by atoms with Crippen molar-refractivity contribution in [2.45, 2.75) is 142 Å². The first-order valence-corrected chi connectivity index (χ1v) is 14.5. The number of ether oxygens (including phenoxy) is 2. The van der Waals surface area contributed by atoms with Gasteiger partial charge < -0.3 is 9.47 Å². The van der Waals surface area contributed by atoms with Crippen molar-refractivity contribution in [2.24, 2.45) is 0 Å². The van der Waals surface area contributed by atoms with Crippen LogP contribution in [0.4, 0.5) is 0 Å². The SMILES string of the molecule is CCCC/C=C\CCCCCCCC(=O)OCNCOC(=O)CCCCCCC/C=C\CCCC. The molecule has 0 amide bonds. The molecule has 0 aromatic rings. The van der Waals surface area contributed by atoms with E-state index in [2.05, 4.69) is 43.5 Å². The standard InChI is InChI=1S/C30H55NO4/c1-3-5-7-9-11-13-15-17-19-21-23-25-29(32)34-27-31-28-35-30(33)26-24-22-20-18-16-14-12-10-8-6-4-2/h9-12,31H,3-8,13-28H2,1-2H3/b11-9-,12-10-. The van der Waals surface area contributed by atoms with E-state index in [4.69, 9.17) is 9.47 Å². The van der Waals surface area contributed by atoms with Crippen LogP contribution < -0.4 is 5.32 Å². The molecule has 1 N–H and O–H groups in total. The Balaban J connectivity index is 3.34. The summed E-state index contributed by atoms with van der Waals surface area (Å²) in [6, 6.07) is 0. The van der Waals surface area contributed by atoms with E-state index in [0.29, 0.717) is 12.8 Å². The zero-order valence-electron chi connectivity index (χ0n) is 23.0. The molecule has 0 bridgehead atoms. The van der Waals surface area contributed by atoms with Gasteiger partial charge in [-0.3, -0.25) is 14.9 Å². The largest absolute Gasteiger partial charge is 0.450 e. The van der Waals surface area contributed by atoms with Gasteiger partial charge in [0.05, 0.1) is 0 Å². The van der Waals surface area contributed by atoms with Crippen LogP contribution in [0.3, 0.4) is 0 Å². The van der Waals surface area contributed by atoms with Gasteiger partial charge in [-0.1, -0.05) is 102 Å². The summed E-state index contributed by atoms with van der Waals surface area (Å²) in [5.74, 6) is -0.390. The molecular weight excluding hydrogens is 438 g/mol. The average molecular weight is 494 g/mol. The van der Waals surface area contributed by atoms with Gasteiger partial charge in [-0.2, -0.15) is 0 Å². The fourth-order valence-corrected chi connectivity index (χ4v) is 3.69. The Kier molecular flexibility index (Phi) is 27.3. The summed E-state index contributed by atoms with van der Waals surface area (Å²) in [6.07, 6.45) is 31.0. The monoisotopic (exact) mass is 493 g/mol. The molecule has 5 heteroatoms. The third-order valence-electron chi connectivity index (χ3n) is 5.96. The van der Waals surface area contributed by atoms with E-state index in [1.165, 1.54) is 89.9 Å². The first-order chi connectivity index (χ1) is 17.2. The van der Waals surface area contributed by atoms with Crippen molar-refractivity contribution in [1.82, 2.24) is 5.32 Å². The minimum Gasteiger partial charge on any atom is -0.450 e. The van der Waals surface area contributed by atoms with Crippen LogP contribution in [0.15, 0.2) is 24.3 Å². The molecule has 0 aliphatic rings. The van der Waals surface area contributed by atoms with Gasteiger partial charge in [0, 0.05) is 12.8 Å². The Hall–Kier alpha value is -1.62. The van der Waals surface area contributed by atoms with Gasteiger partial charge in [0.2, 0.25) is 0 Å².